The van der Waals surface area contributed by atoms with E-state index >= 15 is 0 Å². The van der Waals surface area contributed by atoms with Crippen LogP contribution in [-0.4, -0.2) is 16.8 Å². The van der Waals surface area contributed by atoms with E-state index in [1.807, 2.05) is 30.3 Å². The van der Waals surface area contributed by atoms with E-state index in [9.17, 15) is 0 Å². The summed E-state index contributed by atoms with van der Waals surface area (Å²) >= 11 is 0. The molecule has 1 aromatic rings. The summed E-state index contributed by atoms with van der Waals surface area (Å²) in [5.74, 6) is 0. The summed E-state index contributed by atoms with van der Waals surface area (Å²) in [5.41, 5.74) is 0.965. The summed E-state index contributed by atoms with van der Waals surface area (Å²) in [6, 6.07) is 9.52. The van der Waals surface area contributed by atoms with E-state index in [-0.39, 0.29) is 6.61 Å². The first-order valence-electron chi connectivity index (χ1n) is 12.6. The molecule has 0 saturated carbocycles. The lowest BCUT2D eigenvalue weighted by atomic mass is 10.0. The molecule has 1 aromatic carbocycles. The van der Waals surface area contributed by atoms with Gasteiger partial charge in [0.25, 0.3) is 0 Å². The van der Waals surface area contributed by atoms with Gasteiger partial charge in [0, 0.05) is 6.61 Å². The first-order chi connectivity index (χ1) is 14.3. The first-order valence-corrected chi connectivity index (χ1v) is 12.6. The zero-order valence-electron chi connectivity index (χ0n) is 19.4. The van der Waals surface area contributed by atoms with Crippen molar-refractivity contribution in [2.45, 2.75) is 129 Å². The van der Waals surface area contributed by atoms with Crippen molar-refractivity contribution in [3.05, 3.63) is 35.9 Å². The van der Waals surface area contributed by atoms with Crippen LogP contribution in [0, 0.1) is 0 Å². The fourth-order valence-electron chi connectivity index (χ4n) is 3.60. The van der Waals surface area contributed by atoms with Crippen molar-refractivity contribution in [1.82, 2.24) is 0 Å². The monoisotopic (exact) mass is 406 g/mol. The Morgan fingerprint density at radius 3 is 1.10 bits per heavy atom. The number of hydrogen-bond donors (Lipinski definition) is 2. The SMILES string of the molecule is CCCCCCCCCCCCCCCCCCCCO.OCc1ccccc1. The van der Waals surface area contributed by atoms with Crippen molar-refractivity contribution in [2.75, 3.05) is 6.61 Å². The molecule has 0 aliphatic carbocycles. The highest BCUT2D eigenvalue weighted by molar-refractivity contribution is 5.12. The average Bonchev–Trinajstić information content (AvgIpc) is 2.77. The van der Waals surface area contributed by atoms with Gasteiger partial charge in [0.15, 0.2) is 0 Å². The Bertz CT molecular complexity index is 373. The minimum absolute atomic E-state index is 0.140. The van der Waals surface area contributed by atoms with Crippen LogP contribution in [0.3, 0.4) is 0 Å². The quantitative estimate of drug-likeness (QED) is 0.227. The van der Waals surface area contributed by atoms with Crippen molar-refractivity contribution >= 4 is 0 Å². The molecule has 0 aliphatic rings. The molecule has 0 radical (unpaired) electrons. The number of rotatable bonds is 19. The lowest BCUT2D eigenvalue weighted by Gasteiger charge is -2.03. The van der Waals surface area contributed by atoms with Gasteiger partial charge in [0.2, 0.25) is 0 Å². The maximum Gasteiger partial charge on any atom is 0.0681 e. The molecule has 0 aliphatic heterocycles. The van der Waals surface area contributed by atoms with E-state index in [4.69, 9.17) is 10.2 Å². The molecule has 0 heterocycles. The molecular weight excluding hydrogens is 356 g/mol. The smallest absolute Gasteiger partial charge is 0.0681 e. The lowest BCUT2D eigenvalue weighted by Crippen LogP contribution is -1.85. The molecule has 29 heavy (non-hydrogen) atoms. The fourth-order valence-corrected chi connectivity index (χ4v) is 3.60. The van der Waals surface area contributed by atoms with Crippen LogP contribution < -0.4 is 0 Å². The van der Waals surface area contributed by atoms with Gasteiger partial charge < -0.3 is 10.2 Å². The van der Waals surface area contributed by atoms with Crippen LogP contribution in [0.1, 0.15) is 128 Å². The predicted octanol–water partition coefficient (Wildman–Crippen LogP) is 8.20. The van der Waals surface area contributed by atoms with Gasteiger partial charge in [-0.25, -0.2) is 0 Å². The molecule has 0 saturated heterocycles. The molecule has 0 aromatic heterocycles. The van der Waals surface area contributed by atoms with Crippen molar-refractivity contribution < 1.29 is 10.2 Å². The van der Waals surface area contributed by atoms with E-state index < -0.39 is 0 Å². The number of aliphatic hydroxyl groups is 2. The second-order valence-corrected chi connectivity index (χ2v) is 8.38. The Kier molecular flexibility index (Phi) is 24.4. The largest absolute Gasteiger partial charge is 0.396 e. The number of hydrogen-bond acceptors (Lipinski definition) is 2. The van der Waals surface area contributed by atoms with Crippen molar-refractivity contribution in [2.24, 2.45) is 0 Å². The van der Waals surface area contributed by atoms with Crippen molar-refractivity contribution in [3.63, 3.8) is 0 Å². The molecule has 170 valence electrons. The minimum atomic E-state index is 0.140. The van der Waals surface area contributed by atoms with Crippen LogP contribution in [0.2, 0.25) is 0 Å². The van der Waals surface area contributed by atoms with E-state index in [1.165, 1.54) is 109 Å². The van der Waals surface area contributed by atoms with E-state index in [1.54, 1.807) is 0 Å². The fraction of sp³-hybridized carbons (Fsp3) is 0.778. The lowest BCUT2D eigenvalue weighted by molar-refractivity contribution is 0.281. The van der Waals surface area contributed by atoms with Gasteiger partial charge in [-0.05, 0) is 12.0 Å². The van der Waals surface area contributed by atoms with Gasteiger partial charge in [-0.15, -0.1) is 0 Å². The number of unbranched alkanes of at least 4 members (excludes halogenated alkanes) is 17. The first kappa shape index (κ1) is 28.1. The Balaban J connectivity index is 0.000000807. The van der Waals surface area contributed by atoms with Crippen LogP contribution in [0.4, 0.5) is 0 Å². The molecule has 1 rings (SSSR count). The third-order valence-corrected chi connectivity index (χ3v) is 5.54. The third kappa shape index (κ3) is 23.3. The average molecular weight is 407 g/mol. The normalized spacial score (nSPS) is 10.6. The summed E-state index contributed by atoms with van der Waals surface area (Å²) in [6.45, 7) is 2.80. The highest BCUT2D eigenvalue weighted by Gasteiger charge is 1.94. The molecule has 2 heteroatoms. The van der Waals surface area contributed by atoms with Gasteiger partial charge in [-0.3, -0.25) is 0 Å². The summed E-state index contributed by atoms with van der Waals surface area (Å²) in [4.78, 5) is 0. The second kappa shape index (κ2) is 25.2. The summed E-state index contributed by atoms with van der Waals surface area (Å²) in [7, 11) is 0. The van der Waals surface area contributed by atoms with Gasteiger partial charge in [-0.2, -0.15) is 0 Å². The summed E-state index contributed by atoms with van der Waals surface area (Å²) < 4.78 is 0. The van der Waals surface area contributed by atoms with Gasteiger partial charge in [-0.1, -0.05) is 146 Å². The van der Waals surface area contributed by atoms with Crippen LogP contribution in [-0.2, 0) is 6.61 Å². The zero-order chi connectivity index (χ0) is 21.3. The molecule has 0 spiro atoms. The molecule has 0 atom stereocenters. The third-order valence-electron chi connectivity index (χ3n) is 5.54. The molecule has 0 amide bonds. The number of aliphatic hydroxyl groups excluding tert-OH is 2. The molecule has 0 unspecified atom stereocenters. The maximum atomic E-state index is 8.69. The van der Waals surface area contributed by atoms with Crippen LogP contribution in [0.5, 0.6) is 0 Å². The molecule has 0 fully saturated rings. The Morgan fingerprint density at radius 2 is 0.828 bits per heavy atom. The Morgan fingerprint density at radius 1 is 0.483 bits per heavy atom. The highest BCUT2D eigenvalue weighted by atomic mass is 16.3. The zero-order valence-corrected chi connectivity index (χ0v) is 19.4. The van der Waals surface area contributed by atoms with E-state index in [0.29, 0.717) is 6.61 Å². The van der Waals surface area contributed by atoms with Crippen LogP contribution in [0.15, 0.2) is 30.3 Å². The minimum Gasteiger partial charge on any atom is -0.396 e. The number of benzene rings is 1. The Hall–Kier alpha value is -0.860. The van der Waals surface area contributed by atoms with Crippen molar-refractivity contribution in [1.29, 1.82) is 0 Å². The topological polar surface area (TPSA) is 40.5 Å². The summed E-state index contributed by atoms with van der Waals surface area (Å²) in [5, 5.41) is 17.2. The van der Waals surface area contributed by atoms with Crippen LogP contribution in [0.25, 0.3) is 0 Å². The molecule has 2 N–H and O–H groups in total. The van der Waals surface area contributed by atoms with Gasteiger partial charge in [0.1, 0.15) is 0 Å². The van der Waals surface area contributed by atoms with E-state index in [0.717, 1.165) is 12.0 Å². The highest BCUT2D eigenvalue weighted by Crippen LogP contribution is 2.14. The standard InChI is InChI=1S/C20H42O.C7H8O/c1-2-3-4-5-6-7-8-9-10-11-12-13-14-15-16-17-18-19-20-21;8-6-7-4-2-1-3-5-7/h21H,2-20H2,1H3;1-5,8H,6H2. The Labute approximate surface area is 182 Å². The summed E-state index contributed by atoms with van der Waals surface area (Å²) in [6.07, 6.45) is 25.1. The van der Waals surface area contributed by atoms with Crippen molar-refractivity contribution in [3.8, 4) is 0 Å². The van der Waals surface area contributed by atoms with E-state index in [2.05, 4.69) is 6.92 Å². The van der Waals surface area contributed by atoms with Crippen LogP contribution >= 0.6 is 0 Å². The second-order valence-electron chi connectivity index (χ2n) is 8.38. The van der Waals surface area contributed by atoms with Gasteiger partial charge in [0.05, 0.1) is 6.61 Å². The maximum absolute atomic E-state index is 8.69. The molecule has 0 bridgehead atoms. The molecule has 2 nitrogen and oxygen atoms in total. The predicted molar refractivity (Wildman–Crippen MR) is 128 cm³/mol. The molecular formula is C27H50O2. The van der Waals surface area contributed by atoms with Gasteiger partial charge >= 0.3 is 0 Å².